The highest BCUT2D eigenvalue weighted by Gasteiger charge is 2.24. The van der Waals surface area contributed by atoms with Gasteiger partial charge in [0.05, 0.1) is 10.6 Å². The maximum atomic E-state index is 13.8. The lowest BCUT2D eigenvalue weighted by molar-refractivity contribution is 0.0746. The molecule has 3 nitrogen and oxygen atoms in total. The zero-order valence-corrected chi connectivity index (χ0v) is 12.0. The Labute approximate surface area is 121 Å². The first kappa shape index (κ1) is 15.2. The van der Waals surface area contributed by atoms with Gasteiger partial charge in [-0.1, -0.05) is 11.6 Å². The molecule has 1 aromatic carbocycles. The molecule has 1 aliphatic rings. The quantitative estimate of drug-likeness (QED) is 0.868. The molecule has 0 aliphatic carbocycles. The third-order valence-corrected chi connectivity index (χ3v) is 3.80. The van der Waals surface area contributed by atoms with Gasteiger partial charge in [0.1, 0.15) is 11.6 Å². The lowest BCUT2D eigenvalue weighted by Gasteiger charge is -2.24. The van der Waals surface area contributed by atoms with Crippen LogP contribution in [0.25, 0.3) is 0 Å². The molecule has 20 heavy (non-hydrogen) atoms. The minimum Gasteiger partial charge on any atom is -0.337 e. The molecule has 0 saturated carbocycles. The Kier molecular flexibility index (Phi) is 4.94. The number of amides is 1. The van der Waals surface area contributed by atoms with Crippen LogP contribution in [0.2, 0.25) is 5.02 Å². The summed E-state index contributed by atoms with van der Waals surface area (Å²) >= 11 is 5.49. The third kappa shape index (κ3) is 3.27. The lowest BCUT2D eigenvalue weighted by atomic mass is 10.1. The van der Waals surface area contributed by atoms with Crippen LogP contribution in [-0.4, -0.2) is 36.5 Å². The monoisotopic (exact) mass is 302 g/mol. The molecule has 1 aromatic rings. The molecule has 1 unspecified atom stereocenters. The van der Waals surface area contributed by atoms with E-state index in [9.17, 15) is 13.6 Å². The van der Waals surface area contributed by atoms with Crippen LogP contribution in [0.15, 0.2) is 12.1 Å². The summed E-state index contributed by atoms with van der Waals surface area (Å²) in [5, 5.41) is 2.96. The van der Waals surface area contributed by atoms with Gasteiger partial charge in [0.15, 0.2) is 0 Å². The first-order chi connectivity index (χ1) is 9.52. The number of carbonyl (C=O) groups excluding carboxylic acids is 1. The Hall–Kier alpha value is -1.20. The van der Waals surface area contributed by atoms with Crippen molar-refractivity contribution in [3.63, 3.8) is 0 Å². The Morgan fingerprint density at radius 2 is 2.20 bits per heavy atom. The molecule has 0 bridgehead atoms. The van der Waals surface area contributed by atoms with Crippen molar-refractivity contribution in [1.82, 2.24) is 10.2 Å². The molecule has 0 radical (unpaired) electrons. The van der Waals surface area contributed by atoms with E-state index in [4.69, 9.17) is 11.6 Å². The van der Waals surface area contributed by atoms with E-state index in [-0.39, 0.29) is 16.6 Å². The standard InChI is InChI=1S/C14H17ClF2N2O/c1-2-19(8-9-4-3-5-18-9)14(20)10-6-13(17)11(15)7-12(10)16/h6-7,9,18H,2-5,8H2,1H3. The highest BCUT2D eigenvalue weighted by molar-refractivity contribution is 6.30. The van der Waals surface area contributed by atoms with E-state index in [2.05, 4.69) is 5.32 Å². The van der Waals surface area contributed by atoms with Gasteiger partial charge in [0, 0.05) is 19.1 Å². The van der Waals surface area contributed by atoms with Crippen molar-refractivity contribution >= 4 is 17.5 Å². The highest BCUT2D eigenvalue weighted by atomic mass is 35.5. The second-order valence-electron chi connectivity index (χ2n) is 4.88. The van der Waals surface area contributed by atoms with Gasteiger partial charge < -0.3 is 10.2 Å². The molecule has 0 aromatic heterocycles. The summed E-state index contributed by atoms with van der Waals surface area (Å²) in [6.07, 6.45) is 2.06. The lowest BCUT2D eigenvalue weighted by Crippen LogP contribution is -2.41. The van der Waals surface area contributed by atoms with Crippen LogP contribution in [-0.2, 0) is 0 Å². The van der Waals surface area contributed by atoms with Crippen molar-refractivity contribution in [3.05, 3.63) is 34.4 Å². The van der Waals surface area contributed by atoms with Crippen LogP contribution in [0, 0.1) is 11.6 Å². The second kappa shape index (κ2) is 6.50. The average molecular weight is 303 g/mol. The molecule has 1 heterocycles. The van der Waals surface area contributed by atoms with E-state index in [0.717, 1.165) is 31.5 Å². The summed E-state index contributed by atoms with van der Waals surface area (Å²) in [5.41, 5.74) is -0.272. The van der Waals surface area contributed by atoms with Gasteiger partial charge in [-0.15, -0.1) is 0 Å². The topological polar surface area (TPSA) is 32.3 Å². The number of nitrogens with one attached hydrogen (secondary N) is 1. The fraction of sp³-hybridized carbons (Fsp3) is 0.500. The van der Waals surface area contributed by atoms with E-state index >= 15 is 0 Å². The van der Waals surface area contributed by atoms with Gasteiger partial charge in [-0.2, -0.15) is 0 Å². The summed E-state index contributed by atoms with van der Waals surface area (Å²) in [4.78, 5) is 13.8. The Bertz CT molecular complexity index is 504. The maximum Gasteiger partial charge on any atom is 0.256 e. The van der Waals surface area contributed by atoms with Crippen LogP contribution in [0.4, 0.5) is 8.78 Å². The van der Waals surface area contributed by atoms with E-state index in [1.165, 1.54) is 4.90 Å². The largest absolute Gasteiger partial charge is 0.337 e. The van der Waals surface area contributed by atoms with Gasteiger partial charge in [0.2, 0.25) is 0 Å². The van der Waals surface area contributed by atoms with Gasteiger partial charge >= 0.3 is 0 Å². The number of hydrogen-bond donors (Lipinski definition) is 1. The van der Waals surface area contributed by atoms with Crippen molar-refractivity contribution in [2.24, 2.45) is 0 Å². The minimum atomic E-state index is -0.792. The molecule has 1 fully saturated rings. The Morgan fingerprint density at radius 1 is 1.45 bits per heavy atom. The minimum absolute atomic E-state index is 0.221. The van der Waals surface area contributed by atoms with Crippen LogP contribution < -0.4 is 5.32 Å². The van der Waals surface area contributed by atoms with Crippen molar-refractivity contribution in [1.29, 1.82) is 0 Å². The average Bonchev–Trinajstić information content (AvgIpc) is 2.92. The summed E-state index contributed by atoms with van der Waals surface area (Å²) in [7, 11) is 0. The molecule has 1 amide bonds. The number of nitrogens with zero attached hydrogens (tertiary/aromatic N) is 1. The highest BCUT2D eigenvalue weighted by Crippen LogP contribution is 2.21. The van der Waals surface area contributed by atoms with Gasteiger partial charge in [0.25, 0.3) is 5.91 Å². The van der Waals surface area contributed by atoms with Gasteiger partial charge in [-0.25, -0.2) is 8.78 Å². The maximum absolute atomic E-state index is 13.8. The SMILES string of the molecule is CCN(CC1CCCN1)C(=O)c1cc(F)c(Cl)cc1F. The predicted octanol–water partition coefficient (Wildman–Crippen LogP) is 2.83. The molecule has 1 aliphatic heterocycles. The molecule has 2 rings (SSSR count). The summed E-state index contributed by atoms with van der Waals surface area (Å²) in [5.74, 6) is -2.08. The number of benzene rings is 1. The fourth-order valence-corrected chi connectivity index (χ4v) is 2.54. The Balaban J connectivity index is 2.17. The number of rotatable bonds is 4. The number of halogens is 3. The van der Waals surface area contributed by atoms with E-state index in [1.54, 1.807) is 0 Å². The molecular formula is C14H17ClF2N2O. The van der Waals surface area contributed by atoms with Crippen LogP contribution in [0.3, 0.4) is 0 Å². The summed E-state index contributed by atoms with van der Waals surface area (Å²) in [6.45, 7) is 3.69. The number of carbonyl (C=O) groups is 1. The number of likely N-dealkylation sites (N-methyl/N-ethyl adjacent to an activating group) is 1. The van der Waals surface area contributed by atoms with Crippen molar-refractivity contribution < 1.29 is 13.6 Å². The third-order valence-electron chi connectivity index (χ3n) is 3.51. The second-order valence-corrected chi connectivity index (χ2v) is 5.29. The normalized spacial score (nSPS) is 18.3. The van der Waals surface area contributed by atoms with Gasteiger partial charge in [-0.3, -0.25) is 4.79 Å². The van der Waals surface area contributed by atoms with E-state index < -0.39 is 17.5 Å². The summed E-state index contributed by atoms with van der Waals surface area (Å²) in [6, 6.07) is 1.93. The molecule has 6 heteroatoms. The fourth-order valence-electron chi connectivity index (χ4n) is 2.39. The zero-order chi connectivity index (χ0) is 14.7. The molecule has 1 atom stereocenters. The Morgan fingerprint density at radius 3 is 2.80 bits per heavy atom. The van der Waals surface area contributed by atoms with Gasteiger partial charge in [-0.05, 0) is 38.4 Å². The molecule has 1 N–H and O–H groups in total. The zero-order valence-electron chi connectivity index (χ0n) is 11.3. The number of hydrogen-bond acceptors (Lipinski definition) is 2. The first-order valence-electron chi connectivity index (χ1n) is 6.70. The van der Waals surface area contributed by atoms with Crippen molar-refractivity contribution in [2.45, 2.75) is 25.8 Å². The first-order valence-corrected chi connectivity index (χ1v) is 7.08. The molecule has 0 spiro atoms. The molecule has 110 valence electrons. The van der Waals surface area contributed by atoms with Crippen LogP contribution in [0.1, 0.15) is 30.1 Å². The van der Waals surface area contributed by atoms with Crippen LogP contribution in [0.5, 0.6) is 0 Å². The van der Waals surface area contributed by atoms with E-state index in [0.29, 0.717) is 13.1 Å². The van der Waals surface area contributed by atoms with Crippen molar-refractivity contribution in [3.8, 4) is 0 Å². The van der Waals surface area contributed by atoms with Crippen molar-refractivity contribution in [2.75, 3.05) is 19.6 Å². The van der Waals surface area contributed by atoms with Crippen LogP contribution >= 0.6 is 11.6 Å². The van der Waals surface area contributed by atoms with E-state index in [1.807, 2.05) is 6.92 Å². The smallest absolute Gasteiger partial charge is 0.256 e. The molecule has 1 saturated heterocycles. The molecular weight excluding hydrogens is 286 g/mol. The predicted molar refractivity (Wildman–Crippen MR) is 74.0 cm³/mol. The summed E-state index contributed by atoms with van der Waals surface area (Å²) < 4.78 is 27.2.